The zero-order valence-electron chi connectivity index (χ0n) is 24.5. The molecule has 4 aromatic rings. The molecule has 0 saturated heterocycles. The van der Waals surface area contributed by atoms with Crippen molar-refractivity contribution in [2.45, 2.75) is 24.9 Å². The molecule has 8 heteroatoms. The summed E-state index contributed by atoms with van der Waals surface area (Å²) in [5, 5.41) is 34.9. The van der Waals surface area contributed by atoms with Gasteiger partial charge in [0.05, 0.1) is 26.4 Å². The van der Waals surface area contributed by atoms with Crippen molar-refractivity contribution in [1.82, 2.24) is 0 Å². The van der Waals surface area contributed by atoms with Gasteiger partial charge in [-0.25, -0.2) is 0 Å². The van der Waals surface area contributed by atoms with Crippen LogP contribution in [0.25, 0.3) is 6.08 Å². The standard InChI is InChI=1S/C18H20O3S.C16H14O2.C2H6OS/c19-10-11-22-18(16-8-6-14(13-20)7-9-16)12-17(21)15-4-2-1-3-5-15;17-12-14-8-6-13(7-9-14)10-11-16(18)15-4-2-1-3-5-15;3-1-2-4/h1-9,18-20H,10-13H2;1-11,17H,12H2;3-4H,1-2H2/b;11-10+;. The first-order valence-electron chi connectivity index (χ1n) is 14.1. The summed E-state index contributed by atoms with van der Waals surface area (Å²) in [6.07, 6.45) is 3.73. The average Bonchev–Trinajstić information content (AvgIpc) is 3.10. The molecule has 0 aromatic heterocycles. The van der Waals surface area contributed by atoms with Crippen LogP contribution in [0.1, 0.15) is 54.6 Å². The minimum atomic E-state index is -0.0122. The van der Waals surface area contributed by atoms with E-state index in [0.29, 0.717) is 29.1 Å². The quantitative estimate of drug-likeness (QED) is 0.0677. The van der Waals surface area contributed by atoms with Gasteiger partial charge in [-0.15, -0.1) is 0 Å². The van der Waals surface area contributed by atoms with Gasteiger partial charge in [0.25, 0.3) is 0 Å². The molecule has 4 aromatic carbocycles. The van der Waals surface area contributed by atoms with E-state index in [2.05, 4.69) is 12.6 Å². The Kier molecular flexibility index (Phi) is 18.4. The molecule has 0 aliphatic carbocycles. The van der Waals surface area contributed by atoms with Crippen molar-refractivity contribution in [3.8, 4) is 0 Å². The summed E-state index contributed by atoms with van der Waals surface area (Å²) in [5.74, 6) is 1.25. The van der Waals surface area contributed by atoms with E-state index in [-0.39, 0.29) is 43.2 Å². The van der Waals surface area contributed by atoms with Crippen LogP contribution >= 0.6 is 24.4 Å². The molecule has 1 atom stereocenters. The number of carbonyl (C=O) groups is 2. The van der Waals surface area contributed by atoms with Crippen molar-refractivity contribution < 1.29 is 30.0 Å². The molecule has 0 radical (unpaired) electrons. The van der Waals surface area contributed by atoms with E-state index < -0.39 is 0 Å². The number of thioether (sulfide) groups is 1. The van der Waals surface area contributed by atoms with Crippen LogP contribution in [0.3, 0.4) is 0 Å². The van der Waals surface area contributed by atoms with Crippen molar-refractivity contribution in [3.05, 3.63) is 149 Å². The van der Waals surface area contributed by atoms with Crippen LogP contribution in [0.2, 0.25) is 0 Å². The predicted molar refractivity (Wildman–Crippen MR) is 183 cm³/mol. The lowest BCUT2D eigenvalue weighted by Crippen LogP contribution is -2.07. The van der Waals surface area contributed by atoms with Crippen LogP contribution in [0.4, 0.5) is 0 Å². The monoisotopic (exact) mass is 632 g/mol. The second-order valence-electron chi connectivity index (χ2n) is 9.39. The highest BCUT2D eigenvalue weighted by atomic mass is 32.2. The number of rotatable bonds is 13. The van der Waals surface area contributed by atoms with Gasteiger partial charge in [0.2, 0.25) is 0 Å². The normalized spacial score (nSPS) is 11.1. The number of ketones is 2. The molecule has 0 bridgehead atoms. The molecule has 4 N–H and O–H groups in total. The van der Waals surface area contributed by atoms with E-state index in [1.807, 2.05) is 97.1 Å². The topological polar surface area (TPSA) is 115 Å². The second-order valence-corrected chi connectivity index (χ2v) is 11.1. The van der Waals surface area contributed by atoms with Crippen molar-refractivity contribution in [3.63, 3.8) is 0 Å². The Bertz CT molecular complexity index is 1370. The Labute approximate surface area is 269 Å². The summed E-state index contributed by atoms with van der Waals surface area (Å²) >= 11 is 5.25. The van der Waals surface area contributed by atoms with Crippen LogP contribution in [0.5, 0.6) is 0 Å². The van der Waals surface area contributed by atoms with E-state index in [1.54, 1.807) is 36.0 Å². The fourth-order valence-electron chi connectivity index (χ4n) is 3.82. The predicted octanol–water partition coefficient (Wildman–Crippen LogP) is 6.20. The Morgan fingerprint density at radius 1 is 0.682 bits per heavy atom. The first-order valence-corrected chi connectivity index (χ1v) is 15.8. The summed E-state index contributed by atoms with van der Waals surface area (Å²) < 4.78 is 0. The molecule has 44 heavy (non-hydrogen) atoms. The number of hydrogen-bond acceptors (Lipinski definition) is 8. The molecule has 0 aliphatic rings. The van der Waals surface area contributed by atoms with Gasteiger partial charge in [-0.1, -0.05) is 115 Å². The third-order valence-electron chi connectivity index (χ3n) is 6.16. The number of allylic oxidation sites excluding steroid dienone is 1. The molecule has 6 nitrogen and oxygen atoms in total. The number of hydrogen-bond donors (Lipinski definition) is 5. The molecule has 0 amide bonds. The first-order chi connectivity index (χ1) is 21.4. The van der Waals surface area contributed by atoms with Crippen molar-refractivity contribution in [2.75, 3.05) is 24.7 Å². The summed E-state index contributed by atoms with van der Waals surface area (Å²) in [7, 11) is 0. The maximum atomic E-state index is 12.4. The zero-order chi connectivity index (χ0) is 32.0. The maximum Gasteiger partial charge on any atom is 0.185 e. The highest BCUT2D eigenvalue weighted by Crippen LogP contribution is 2.33. The lowest BCUT2D eigenvalue weighted by atomic mass is 10.0. The fourth-order valence-corrected chi connectivity index (χ4v) is 4.83. The molecule has 0 saturated carbocycles. The van der Waals surface area contributed by atoms with Gasteiger partial charge in [-0.3, -0.25) is 9.59 Å². The molecule has 232 valence electrons. The highest BCUT2D eigenvalue weighted by molar-refractivity contribution is 7.99. The molecule has 0 heterocycles. The summed E-state index contributed by atoms with van der Waals surface area (Å²) in [5.41, 5.74) is 5.09. The Hall–Kier alpha value is -3.50. The highest BCUT2D eigenvalue weighted by Gasteiger charge is 2.17. The molecule has 0 aliphatic heterocycles. The average molecular weight is 633 g/mol. The minimum absolute atomic E-state index is 0.00704. The number of carbonyl (C=O) groups excluding carboxylic acids is 2. The molecule has 4 rings (SSSR count). The lowest BCUT2D eigenvalue weighted by Gasteiger charge is -2.16. The number of aliphatic hydroxyl groups excluding tert-OH is 4. The Balaban J connectivity index is 0.000000278. The van der Waals surface area contributed by atoms with E-state index in [1.165, 1.54) is 0 Å². The molecule has 0 fully saturated rings. The fraction of sp³-hybridized carbons (Fsp3) is 0.222. The van der Waals surface area contributed by atoms with Gasteiger partial charge in [0, 0.05) is 34.3 Å². The van der Waals surface area contributed by atoms with E-state index in [9.17, 15) is 9.59 Å². The lowest BCUT2D eigenvalue weighted by molar-refractivity contribution is 0.0981. The van der Waals surface area contributed by atoms with Crippen molar-refractivity contribution in [1.29, 1.82) is 0 Å². The third kappa shape index (κ3) is 13.9. The van der Waals surface area contributed by atoms with Crippen LogP contribution in [-0.2, 0) is 13.2 Å². The molecular formula is C36H40O6S2. The van der Waals surface area contributed by atoms with Crippen LogP contribution in [-0.4, -0.2) is 56.7 Å². The van der Waals surface area contributed by atoms with Crippen LogP contribution in [0, 0.1) is 0 Å². The van der Waals surface area contributed by atoms with Crippen LogP contribution in [0.15, 0.2) is 115 Å². The van der Waals surface area contributed by atoms with E-state index in [0.717, 1.165) is 22.3 Å². The Morgan fingerprint density at radius 2 is 1.18 bits per heavy atom. The van der Waals surface area contributed by atoms with Crippen molar-refractivity contribution in [2.24, 2.45) is 0 Å². The van der Waals surface area contributed by atoms with Gasteiger partial charge >= 0.3 is 0 Å². The molecule has 1 unspecified atom stereocenters. The summed E-state index contributed by atoms with van der Waals surface area (Å²) in [6, 6.07) is 33.5. The second kappa shape index (κ2) is 22.1. The number of Topliss-reactive ketones (excluding diaryl/α,β-unsaturated/α-hetero) is 1. The third-order valence-corrected chi connectivity index (χ3v) is 7.62. The van der Waals surface area contributed by atoms with Crippen LogP contribution < -0.4 is 0 Å². The molecular weight excluding hydrogens is 593 g/mol. The van der Waals surface area contributed by atoms with Gasteiger partial charge in [-0.2, -0.15) is 24.4 Å². The molecule has 0 spiro atoms. The van der Waals surface area contributed by atoms with E-state index in [4.69, 9.17) is 20.4 Å². The largest absolute Gasteiger partial charge is 0.396 e. The zero-order valence-corrected chi connectivity index (χ0v) is 26.2. The van der Waals surface area contributed by atoms with Gasteiger partial charge in [0.1, 0.15) is 0 Å². The number of benzene rings is 4. The number of aliphatic hydroxyl groups is 4. The maximum absolute atomic E-state index is 12.4. The number of thiol groups is 1. The summed E-state index contributed by atoms with van der Waals surface area (Å²) in [6.45, 7) is 0.323. The van der Waals surface area contributed by atoms with Gasteiger partial charge < -0.3 is 20.4 Å². The van der Waals surface area contributed by atoms with Crippen molar-refractivity contribution >= 4 is 42.0 Å². The van der Waals surface area contributed by atoms with E-state index >= 15 is 0 Å². The summed E-state index contributed by atoms with van der Waals surface area (Å²) in [4.78, 5) is 24.2. The van der Waals surface area contributed by atoms with Gasteiger partial charge in [0.15, 0.2) is 11.6 Å². The SMILES string of the molecule is O=C(/C=C/c1ccc(CO)cc1)c1ccccc1.O=C(CC(SCCO)c1ccc(CO)cc1)c1ccccc1.OCCS. The smallest absolute Gasteiger partial charge is 0.185 e. The van der Waals surface area contributed by atoms with Gasteiger partial charge in [-0.05, 0) is 28.3 Å². The Morgan fingerprint density at radius 3 is 1.66 bits per heavy atom. The minimum Gasteiger partial charge on any atom is -0.396 e. The first kappa shape index (κ1) is 36.7.